The van der Waals surface area contributed by atoms with E-state index < -0.39 is 4.92 Å². The summed E-state index contributed by atoms with van der Waals surface area (Å²) in [7, 11) is 0. The molecular weight excluding hydrogens is 288 g/mol. The first-order valence-electron chi connectivity index (χ1n) is 6.39. The van der Waals surface area contributed by atoms with Gasteiger partial charge in [0.15, 0.2) is 0 Å². The first kappa shape index (κ1) is 13.4. The minimum atomic E-state index is -0.392. The molecule has 106 valence electrons. The van der Waals surface area contributed by atoms with Crippen LogP contribution >= 0.6 is 11.3 Å². The molecule has 0 bridgehead atoms. The second-order valence-corrected chi connectivity index (χ2v) is 5.37. The van der Waals surface area contributed by atoms with Crippen molar-refractivity contribution in [1.29, 1.82) is 0 Å². The fourth-order valence-electron chi connectivity index (χ4n) is 2.02. The van der Waals surface area contributed by atoms with Gasteiger partial charge in [-0.05, 0) is 23.4 Å². The predicted molar refractivity (Wildman–Crippen MR) is 82.7 cm³/mol. The minimum absolute atomic E-state index is 0.114. The molecule has 0 aliphatic rings. The summed E-state index contributed by atoms with van der Waals surface area (Å²) < 4.78 is 1.04. The van der Waals surface area contributed by atoms with Crippen molar-refractivity contribution in [2.24, 2.45) is 0 Å². The first-order chi connectivity index (χ1) is 10.2. The van der Waals surface area contributed by atoms with Crippen molar-refractivity contribution in [3.05, 3.63) is 57.7 Å². The smallest absolute Gasteiger partial charge is 0.269 e. The van der Waals surface area contributed by atoms with E-state index in [4.69, 9.17) is 0 Å². The maximum absolute atomic E-state index is 10.6. The summed E-state index contributed by atoms with van der Waals surface area (Å²) in [5.41, 5.74) is 2.10. The molecule has 3 rings (SSSR count). The lowest BCUT2D eigenvalue weighted by Crippen LogP contribution is -2.06. The molecule has 0 fully saturated rings. The van der Waals surface area contributed by atoms with Crippen molar-refractivity contribution in [3.8, 4) is 0 Å². The summed E-state index contributed by atoms with van der Waals surface area (Å²) in [4.78, 5) is 18.6. The number of aromatic nitrogens is 2. The third kappa shape index (κ3) is 2.97. The molecule has 0 spiro atoms. The Hall–Kier alpha value is -2.54. The number of nitro groups is 1. The molecule has 0 atom stereocenters. The molecule has 7 heteroatoms. The maximum atomic E-state index is 10.6. The highest BCUT2D eigenvalue weighted by atomic mass is 32.1. The van der Waals surface area contributed by atoms with Gasteiger partial charge in [0.2, 0.25) is 0 Å². The highest BCUT2D eigenvalue weighted by Crippen LogP contribution is 2.24. The molecule has 2 aromatic heterocycles. The standard InChI is InChI=1S/C14H12N4O2S/c19-18(20)11-3-1-10(2-4-11)5-7-15-14-13-12(6-8-21-13)16-9-17-14/h1-4,6,8-9H,5,7H2,(H,15,16,17). The fraction of sp³-hybridized carbons (Fsp3) is 0.143. The third-order valence-electron chi connectivity index (χ3n) is 3.10. The number of benzene rings is 1. The van der Waals surface area contributed by atoms with Crippen molar-refractivity contribution in [1.82, 2.24) is 9.97 Å². The molecule has 3 aromatic rings. The molecule has 0 saturated heterocycles. The van der Waals surface area contributed by atoms with Crippen LogP contribution < -0.4 is 5.32 Å². The second-order valence-electron chi connectivity index (χ2n) is 4.46. The lowest BCUT2D eigenvalue weighted by atomic mass is 10.1. The molecule has 1 aromatic carbocycles. The van der Waals surface area contributed by atoms with Gasteiger partial charge < -0.3 is 5.32 Å². The Morgan fingerprint density at radius 2 is 2.00 bits per heavy atom. The van der Waals surface area contributed by atoms with E-state index in [-0.39, 0.29) is 5.69 Å². The normalized spacial score (nSPS) is 10.7. The van der Waals surface area contributed by atoms with Crippen LogP contribution in [0.3, 0.4) is 0 Å². The number of non-ortho nitro benzene ring substituents is 1. The molecule has 0 aliphatic carbocycles. The van der Waals surface area contributed by atoms with E-state index in [2.05, 4.69) is 15.3 Å². The summed E-state index contributed by atoms with van der Waals surface area (Å²) in [6.07, 6.45) is 2.32. The Bertz CT molecular complexity index is 770. The van der Waals surface area contributed by atoms with Gasteiger partial charge in [0, 0.05) is 18.7 Å². The lowest BCUT2D eigenvalue weighted by Gasteiger charge is -2.06. The number of hydrogen-bond donors (Lipinski definition) is 1. The Kier molecular flexibility index (Phi) is 3.74. The number of nitro benzene ring substituents is 1. The summed E-state index contributed by atoms with van der Waals surface area (Å²) in [5.74, 6) is 0.830. The Labute approximate surface area is 124 Å². The second kappa shape index (κ2) is 5.84. The van der Waals surface area contributed by atoms with Gasteiger partial charge in [-0.1, -0.05) is 12.1 Å². The van der Waals surface area contributed by atoms with Crippen LogP contribution in [0.25, 0.3) is 10.2 Å². The SMILES string of the molecule is O=[N+]([O-])c1ccc(CCNc2ncnc3ccsc23)cc1. The van der Waals surface area contributed by atoms with Crippen molar-refractivity contribution in [3.63, 3.8) is 0 Å². The first-order valence-corrected chi connectivity index (χ1v) is 7.27. The van der Waals surface area contributed by atoms with E-state index in [0.29, 0.717) is 6.54 Å². The Morgan fingerprint density at radius 3 is 2.76 bits per heavy atom. The van der Waals surface area contributed by atoms with E-state index >= 15 is 0 Å². The van der Waals surface area contributed by atoms with Gasteiger partial charge in [0.05, 0.1) is 15.1 Å². The quantitative estimate of drug-likeness (QED) is 0.578. The number of hydrogen-bond acceptors (Lipinski definition) is 6. The monoisotopic (exact) mass is 300 g/mol. The average Bonchev–Trinajstić information content (AvgIpc) is 2.97. The van der Waals surface area contributed by atoms with Gasteiger partial charge in [-0.3, -0.25) is 10.1 Å². The average molecular weight is 300 g/mol. The van der Waals surface area contributed by atoms with Crippen LogP contribution in [0, 0.1) is 10.1 Å². The minimum Gasteiger partial charge on any atom is -0.368 e. The highest BCUT2D eigenvalue weighted by molar-refractivity contribution is 7.17. The van der Waals surface area contributed by atoms with Crippen LogP contribution in [-0.2, 0) is 6.42 Å². The zero-order valence-corrected chi connectivity index (χ0v) is 11.8. The summed E-state index contributed by atoms with van der Waals surface area (Å²) >= 11 is 1.60. The Balaban J connectivity index is 1.63. The topological polar surface area (TPSA) is 81.0 Å². The molecule has 6 nitrogen and oxygen atoms in total. The molecule has 0 amide bonds. The largest absolute Gasteiger partial charge is 0.368 e. The predicted octanol–water partition coefficient (Wildman–Crippen LogP) is 3.25. The third-order valence-corrected chi connectivity index (χ3v) is 4.01. The van der Waals surface area contributed by atoms with Crippen molar-refractivity contribution >= 4 is 33.1 Å². The van der Waals surface area contributed by atoms with Crippen LogP contribution in [0.15, 0.2) is 42.0 Å². The zero-order valence-electron chi connectivity index (χ0n) is 11.0. The molecule has 2 heterocycles. The summed E-state index contributed by atoms with van der Waals surface area (Å²) in [6.45, 7) is 0.710. The van der Waals surface area contributed by atoms with Crippen LogP contribution in [0.4, 0.5) is 11.5 Å². The van der Waals surface area contributed by atoms with Crippen LogP contribution in [-0.4, -0.2) is 21.4 Å². The summed E-state index contributed by atoms with van der Waals surface area (Å²) in [6, 6.07) is 8.57. The molecule has 0 unspecified atom stereocenters. The van der Waals surface area contributed by atoms with Crippen LogP contribution in [0.5, 0.6) is 0 Å². The Morgan fingerprint density at radius 1 is 1.19 bits per heavy atom. The van der Waals surface area contributed by atoms with Gasteiger partial charge in [-0.25, -0.2) is 9.97 Å². The maximum Gasteiger partial charge on any atom is 0.269 e. The molecule has 0 radical (unpaired) electrons. The number of fused-ring (bicyclic) bond motifs is 1. The van der Waals surface area contributed by atoms with E-state index in [1.165, 1.54) is 12.1 Å². The number of nitrogens with one attached hydrogen (secondary N) is 1. The number of nitrogens with zero attached hydrogens (tertiary/aromatic N) is 3. The van der Waals surface area contributed by atoms with Gasteiger partial charge in [0.1, 0.15) is 12.1 Å². The van der Waals surface area contributed by atoms with Gasteiger partial charge in [-0.2, -0.15) is 0 Å². The molecule has 0 aliphatic heterocycles. The van der Waals surface area contributed by atoms with E-state index in [0.717, 1.165) is 28.0 Å². The zero-order chi connectivity index (χ0) is 14.7. The lowest BCUT2D eigenvalue weighted by molar-refractivity contribution is -0.384. The number of rotatable bonds is 5. The van der Waals surface area contributed by atoms with Gasteiger partial charge in [-0.15, -0.1) is 11.3 Å². The molecule has 21 heavy (non-hydrogen) atoms. The summed E-state index contributed by atoms with van der Waals surface area (Å²) in [5, 5.41) is 15.9. The molecule has 1 N–H and O–H groups in total. The van der Waals surface area contributed by atoms with Crippen molar-refractivity contribution in [2.45, 2.75) is 6.42 Å². The van der Waals surface area contributed by atoms with Crippen LogP contribution in [0.1, 0.15) is 5.56 Å². The van der Waals surface area contributed by atoms with E-state index in [1.807, 2.05) is 11.4 Å². The fourth-order valence-corrected chi connectivity index (χ4v) is 2.84. The van der Waals surface area contributed by atoms with Gasteiger partial charge >= 0.3 is 0 Å². The van der Waals surface area contributed by atoms with E-state index in [9.17, 15) is 10.1 Å². The number of anilines is 1. The van der Waals surface area contributed by atoms with Crippen molar-refractivity contribution in [2.75, 3.05) is 11.9 Å². The molecular formula is C14H12N4O2S. The number of thiophene rings is 1. The van der Waals surface area contributed by atoms with Crippen LogP contribution in [0.2, 0.25) is 0 Å². The van der Waals surface area contributed by atoms with E-state index in [1.54, 1.807) is 29.8 Å². The highest BCUT2D eigenvalue weighted by Gasteiger charge is 2.06. The van der Waals surface area contributed by atoms with Crippen molar-refractivity contribution < 1.29 is 4.92 Å². The molecule has 0 saturated carbocycles. The van der Waals surface area contributed by atoms with Gasteiger partial charge in [0.25, 0.3) is 5.69 Å².